The number of rotatable bonds is 2. The van der Waals surface area contributed by atoms with Gasteiger partial charge in [0.15, 0.2) is 0 Å². The number of carbonyl (C=O) groups is 1. The molecule has 1 aromatic rings. The maximum Gasteiger partial charge on any atom is 0.323 e. The lowest BCUT2D eigenvalue weighted by molar-refractivity contribution is 0.140. The summed E-state index contributed by atoms with van der Waals surface area (Å²) in [5.41, 5.74) is 1.29. The number of hydrogen-bond donors (Lipinski definition) is 1. The van der Waals surface area contributed by atoms with Gasteiger partial charge in [0.25, 0.3) is 0 Å². The van der Waals surface area contributed by atoms with Crippen molar-refractivity contribution >= 4 is 11.8 Å². The van der Waals surface area contributed by atoms with E-state index in [4.69, 9.17) is 4.74 Å². The Morgan fingerprint density at radius 3 is 2.95 bits per heavy atom. The van der Waals surface area contributed by atoms with Gasteiger partial charge in [-0.25, -0.2) is 9.78 Å². The minimum Gasteiger partial charge on any atom is -0.379 e. The number of anilines is 1. The summed E-state index contributed by atoms with van der Waals surface area (Å²) in [7, 11) is 0. The Morgan fingerprint density at radius 2 is 2.19 bits per heavy atom. The molecule has 0 bridgehead atoms. The average Bonchev–Trinajstić information content (AvgIpc) is 3.24. The number of ether oxygens (including phenoxy) is 1. The molecule has 112 valence electrons. The number of likely N-dealkylation sites (tertiary alicyclic amines) is 1. The molecule has 5 nitrogen and oxygen atoms in total. The predicted octanol–water partition coefficient (Wildman–Crippen LogP) is 2.60. The summed E-state index contributed by atoms with van der Waals surface area (Å²) < 4.78 is 5.53. The quantitative estimate of drug-likeness (QED) is 0.909. The van der Waals surface area contributed by atoms with Gasteiger partial charge in [-0.05, 0) is 43.2 Å². The highest BCUT2D eigenvalue weighted by Crippen LogP contribution is 2.39. The molecule has 5 heteroatoms. The van der Waals surface area contributed by atoms with Crippen LogP contribution >= 0.6 is 0 Å². The van der Waals surface area contributed by atoms with Gasteiger partial charge in [-0.2, -0.15) is 0 Å². The van der Waals surface area contributed by atoms with Gasteiger partial charge in [-0.15, -0.1) is 0 Å². The predicted molar refractivity (Wildman–Crippen MR) is 79.3 cm³/mol. The molecule has 0 spiro atoms. The van der Waals surface area contributed by atoms with E-state index in [1.54, 1.807) is 0 Å². The number of carbonyl (C=O) groups excluding carboxylic acids is 1. The summed E-state index contributed by atoms with van der Waals surface area (Å²) in [5.74, 6) is 1.85. The Hall–Kier alpha value is -1.62. The van der Waals surface area contributed by atoms with Crippen LogP contribution in [0.1, 0.15) is 37.2 Å². The van der Waals surface area contributed by atoms with Crippen LogP contribution in [0.3, 0.4) is 0 Å². The highest BCUT2D eigenvalue weighted by molar-refractivity contribution is 5.88. The van der Waals surface area contributed by atoms with Gasteiger partial charge < -0.3 is 9.64 Å². The molecule has 0 aromatic carbocycles. The van der Waals surface area contributed by atoms with Crippen LogP contribution in [-0.4, -0.2) is 41.7 Å². The van der Waals surface area contributed by atoms with Crippen LogP contribution in [0.4, 0.5) is 10.6 Å². The van der Waals surface area contributed by atoms with Crippen molar-refractivity contribution in [2.75, 3.05) is 25.1 Å². The van der Waals surface area contributed by atoms with Crippen molar-refractivity contribution in [3.63, 3.8) is 0 Å². The largest absolute Gasteiger partial charge is 0.379 e. The van der Waals surface area contributed by atoms with E-state index in [1.165, 1.54) is 24.8 Å². The Labute approximate surface area is 124 Å². The van der Waals surface area contributed by atoms with Gasteiger partial charge >= 0.3 is 6.03 Å². The molecule has 2 aliphatic heterocycles. The molecule has 0 unspecified atom stereocenters. The Balaban J connectivity index is 1.42. The molecular formula is C16H21N3O2. The van der Waals surface area contributed by atoms with E-state index in [9.17, 15) is 4.79 Å². The third kappa shape index (κ3) is 2.62. The fourth-order valence-electron chi connectivity index (χ4n) is 3.47. The Bertz CT molecular complexity index is 527. The van der Waals surface area contributed by atoms with Crippen molar-refractivity contribution in [2.24, 2.45) is 5.92 Å². The second kappa shape index (κ2) is 5.30. The second-order valence-corrected chi connectivity index (χ2v) is 6.38. The zero-order chi connectivity index (χ0) is 14.2. The number of nitrogens with one attached hydrogen (secondary N) is 1. The molecule has 1 aromatic heterocycles. The molecule has 1 N–H and O–H groups in total. The van der Waals surface area contributed by atoms with E-state index >= 15 is 0 Å². The maximum absolute atomic E-state index is 12.5. The highest BCUT2D eigenvalue weighted by Gasteiger charge is 2.38. The number of piperidine rings is 1. The molecule has 3 heterocycles. The number of pyridine rings is 1. The standard InChI is InChI=1S/C16H21N3O2/c20-16(19-7-1-2-13-9-21-10-14(13)19)18-15-6-5-12(8-17-15)11-3-4-11/h5-6,8,11,13-14H,1-4,7,9-10H2,(H,17,18,20)/t13-,14+/m1/s1. The highest BCUT2D eigenvalue weighted by atomic mass is 16.5. The monoisotopic (exact) mass is 287 g/mol. The first-order valence-electron chi connectivity index (χ1n) is 7.92. The molecular weight excluding hydrogens is 266 g/mol. The summed E-state index contributed by atoms with van der Waals surface area (Å²) in [5, 5.41) is 2.93. The number of nitrogens with zero attached hydrogens (tertiary/aromatic N) is 2. The molecule has 2 amide bonds. The van der Waals surface area contributed by atoms with Crippen LogP contribution in [0, 0.1) is 5.92 Å². The molecule has 2 atom stereocenters. The average molecular weight is 287 g/mol. The van der Waals surface area contributed by atoms with Crippen molar-refractivity contribution < 1.29 is 9.53 Å². The molecule has 3 aliphatic rings. The smallest absolute Gasteiger partial charge is 0.323 e. The Morgan fingerprint density at radius 1 is 1.29 bits per heavy atom. The van der Waals surface area contributed by atoms with Crippen LogP contribution in [0.25, 0.3) is 0 Å². The molecule has 21 heavy (non-hydrogen) atoms. The number of hydrogen-bond acceptors (Lipinski definition) is 3. The van der Waals surface area contributed by atoms with Crippen molar-refractivity contribution in [1.29, 1.82) is 0 Å². The van der Waals surface area contributed by atoms with Gasteiger partial charge in [-0.1, -0.05) is 6.07 Å². The van der Waals surface area contributed by atoms with E-state index in [-0.39, 0.29) is 12.1 Å². The van der Waals surface area contributed by atoms with E-state index in [0.29, 0.717) is 24.3 Å². The van der Waals surface area contributed by atoms with Crippen molar-refractivity contribution in [3.05, 3.63) is 23.9 Å². The third-order valence-corrected chi connectivity index (χ3v) is 4.87. The third-order valence-electron chi connectivity index (χ3n) is 4.87. The van der Waals surface area contributed by atoms with Gasteiger partial charge in [-0.3, -0.25) is 5.32 Å². The van der Waals surface area contributed by atoms with Crippen molar-refractivity contribution in [2.45, 2.75) is 37.6 Å². The van der Waals surface area contributed by atoms with Crippen LogP contribution in [0.2, 0.25) is 0 Å². The Kier molecular flexibility index (Phi) is 3.30. The van der Waals surface area contributed by atoms with Crippen LogP contribution in [0.5, 0.6) is 0 Å². The van der Waals surface area contributed by atoms with Gasteiger partial charge in [0.2, 0.25) is 0 Å². The summed E-state index contributed by atoms with van der Waals surface area (Å²) in [6.45, 7) is 2.28. The molecule has 0 radical (unpaired) electrons. The number of amides is 2. The second-order valence-electron chi connectivity index (χ2n) is 6.38. The summed E-state index contributed by atoms with van der Waals surface area (Å²) in [6, 6.07) is 4.20. The van der Waals surface area contributed by atoms with Crippen molar-refractivity contribution in [3.8, 4) is 0 Å². The SMILES string of the molecule is O=C(Nc1ccc(C2CC2)cn1)N1CCC[C@@H]2COC[C@@H]21. The van der Waals surface area contributed by atoms with Crippen LogP contribution in [0.15, 0.2) is 18.3 Å². The molecule has 4 rings (SSSR count). The van der Waals surface area contributed by atoms with E-state index in [1.807, 2.05) is 17.2 Å². The van der Waals surface area contributed by atoms with Gasteiger partial charge in [0, 0.05) is 18.7 Å². The van der Waals surface area contributed by atoms with Crippen LogP contribution in [-0.2, 0) is 4.74 Å². The zero-order valence-electron chi connectivity index (χ0n) is 12.1. The van der Waals surface area contributed by atoms with Crippen molar-refractivity contribution in [1.82, 2.24) is 9.88 Å². The topological polar surface area (TPSA) is 54.5 Å². The molecule has 2 saturated heterocycles. The van der Waals surface area contributed by atoms with Gasteiger partial charge in [0.05, 0.1) is 19.3 Å². The fraction of sp³-hybridized carbons (Fsp3) is 0.625. The lowest BCUT2D eigenvalue weighted by atomic mass is 9.92. The number of fused-ring (bicyclic) bond motifs is 1. The van der Waals surface area contributed by atoms with E-state index < -0.39 is 0 Å². The molecule has 1 saturated carbocycles. The molecule has 1 aliphatic carbocycles. The summed E-state index contributed by atoms with van der Waals surface area (Å²) >= 11 is 0. The maximum atomic E-state index is 12.5. The number of urea groups is 1. The normalized spacial score (nSPS) is 28.3. The zero-order valence-corrected chi connectivity index (χ0v) is 12.1. The lowest BCUT2D eigenvalue weighted by Crippen LogP contribution is -2.49. The fourth-order valence-corrected chi connectivity index (χ4v) is 3.47. The minimum absolute atomic E-state index is 0.0399. The first kappa shape index (κ1) is 13.1. The first-order valence-corrected chi connectivity index (χ1v) is 7.92. The first-order chi connectivity index (χ1) is 10.3. The van der Waals surface area contributed by atoms with Gasteiger partial charge in [0.1, 0.15) is 5.82 Å². The summed E-state index contributed by atoms with van der Waals surface area (Å²) in [6.07, 6.45) is 6.66. The minimum atomic E-state index is -0.0399. The lowest BCUT2D eigenvalue weighted by Gasteiger charge is -2.36. The number of aromatic nitrogens is 1. The van der Waals surface area contributed by atoms with Crippen LogP contribution < -0.4 is 5.32 Å². The summed E-state index contributed by atoms with van der Waals surface area (Å²) in [4.78, 5) is 18.8. The van der Waals surface area contributed by atoms with E-state index in [0.717, 1.165) is 19.6 Å². The molecule has 3 fully saturated rings. The van der Waals surface area contributed by atoms with E-state index in [2.05, 4.69) is 16.4 Å².